The molecule has 0 aliphatic heterocycles. The van der Waals surface area contributed by atoms with Gasteiger partial charge in [-0.2, -0.15) is 0 Å². The van der Waals surface area contributed by atoms with E-state index in [0.29, 0.717) is 0 Å². The fourth-order valence-electron chi connectivity index (χ4n) is 1.67. The molecule has 0 heterocycles. The number of hydrogen-bond donors (Lipinski definition) is 0. The molecule has 0 spiro atoms. The fourth-order valence-corrected chi connectivity index (χ4v) is 1.67. The van der Waals surface area contributed by atoms with Gasteiger partial charge < -0.3 is 0 Å². The highest BCUT2D eigenvalue weighted by Crippen LogP contribution is 2.25. The molecule has 0 fully saturated rings. The van der Waals surface area contributed by atoms with Gasteiger partial charge in [-0.1, -0.05) is 51.5 Å². The molecular formula is C13H19O. The average Bonchev–Trinajstić information content (AvgIpc) is 2.18. The van der Waals surface area contributed by atoms with E-state index in [1.54, 1.807) is 0 Å². The largest absolute Gasteiger partial charge is 0.228 e. The Morgan fingerprint density at radius 3 is 2.43 bits per heavy atom. The van der Waals surface area contributed by atoms with Gasteiger partial charge in [-0.3, -0.25) is 0 Å². The van der Waals surface area contributed by atoms with E-state index in [2.05, 4.69) is 13.0 Å². The minimum absolute atomic E-state index is 0.174. The van der Waals surface area contributed by atoms with E-state index in [1.165, 1.54) is 5.56 Å². The van der Waals surface area contributed by atoms with Gasteiger partial charge in [-0.05, 0) is 23.5 Å². The zero-order chi connectivity index (χ0) is 10.6. The van der Waals surface area contributed by atoms with Crippen LogP contribution in [0.15, 0.2) is 24.3 Å². The van der Waals surface area contributed by atoms with Crippen molar-refractivity contribution in [2.24, 2.45) is 5.92 Å². The van der Waals surface area contributed by atoms with Gasteiger partial charge in [0.2, 0.25) is 0 Å². The highest BCUT2D eigenvalue weighted by Gasteiger charge is 2.16. The Kier molecular flexibility index (Phi) is 4.15. The van der Waals surface area contributed by atoms with E-state index in [1.807, 2.05) is 32.0 Å². The predicted molar refractivity (Wildman–Crippen MR) is 58.7 cm³/mol. The molecule has 1 heteroatoms. The molecule has 1 rings (SSSR count). The molecule has 1 aromatic carbocycles. The van der Waals surface area contributed by atoms with Crippen molar-refractivity contribution in [2.75, 3.05) is 0 Å². The summed E-state index contributed by atoms with van der Waals surface area (Å²) in [5.41, 5.74) is 2.22. The number of rotatable bonds is 4. The van der Waals surface area contributed by atoms with Crippen LogP contribution < -0.4 is 0 Å². The Balaban J connectivity index is 2.94. The summed E-state index contributed by atoms with van der Waals surface area (Å²) in [7, 11) is 0. The second kappa shape index (κ2) is 5.16. The van der Waals surface area contributed by atoms with E-state index in [0.717, 1.165) is 18.4 Å². The summed E-state index contributed by atoms with van der Waals surface area (Å²) in [5, 5.41) is 11.9. The average molecular weight is 191 g/mol. The van der Waals surface area contributed by atoms with Crippen molar-refractivity contribution in [3.8, 4) is 0 Å². The highest BCUT2D eigenvalue weighted by atomic mass is 16.3. The van der Waals surface area contributed by atoms with Gasteiger partial charge in [0.25, 0.3) is 0 Å². The first-order valence-electron chi connectivity index (χ1n) is 5.40. The molecule has 0 saturated heterocycles. The van der Waals surface area contributed by atoms with Crippen LogP contribution in [-0.2, 0) is 11.5 Å². The van der Waals surface area contributed by atoms with Crippen LogP contribution >= 0.6 is 0 Å². The minimum atomic E-state index is -0.572. The lowest BCUT2D eigenvalue weighted by Crippen LogP contribution is -2.06. The normalized spacial score (nSPS) is 13.2. The van der Waals surface area contributed by atoms with Crippen molar-refractivity contribution in [3.63, 3.8) is 0 Å². The van der Waals surface area contributed by atoms with Crippen LogP contribution in [0.3, 0.4) is 0 Å². The molecule has 0 aliphatic carbocycles. The molecule has 0 amide bonds. The first-order chi connectivity index (χ1) is 6.66. The Morgan fingerprint density at radius 1 is 1.21 bits per heavy atom. The quantitative estimate of drug-likeness (QED) is 0.690. The van der Waals surface area contributed by atoms with Crippen molar-refractivity contribution in [2.45, 2.75) is 39.7 Å². The third kappa shape index (κ3) is 2.58. The number of hydrogen-bond acceptors (Lipinski definition) is 0. The predicted octanol–water partition coefficient (Wildman–Crippen LogP) is 3.77. The summed E-state index contributed by atoms with van der Waals surface area (Å²) in [4.78, 5) is 0. The fraction of sp³-hybridized carbons (Fsp3) is 0.538. The van der Waals surface area contributed by atoms with Crippen molar-refractivity contribution in [1.29, 1.82) is 0 Å². The second-order valence-corrected chi connectivity index (χ2v) is 4.11. The maximum Gasteiger partial charge on any atom is 0.120 e. The van der Waals surface area contributed by atoms with Crippen LogP contribution in [0.2, 0.25) is 0 Å². The maximum absolute atomic E-state index is 11.9. The first-order valence-corrected chi connectivity index (χ1v) is 5.40. The van der Waals surface area contributed by atoms with Crippen LogP contribution in [0.1, 0.15) is 44.4 Å². The molecule has 0 bridgehead atoms. The highest BCUT2D eigenvalue weighted by molar-refractivity contribution is 5.29. The van der Waals surface area contributed by atoms with E-state index < -0.39 is 6.10 Å². The molecule has 14 heavy (non-hydrogen) atoms. The molecule has 1 nitrogen and oxygen atoms in total. The third-order valence-corrected chi connectivity index (χ3v) is 2.49. The van der Waals surface area contributed by atoms with Crippen molar-refractivity contribution in [3.05, 3.63) is 35.4 Å². The van der Waals surface area contributed by atoms with Crippen molar-refractivity contribution < 1.29 is 5.11 Å². The summed E-state index contributed by atoms with van der Waals surface area (Å²) in [6.45, 7) is 6.12. The van der Waals surface area contributed by atoms with Crippen molar-refractivity contribution >= 4 is 0 Å². The Morgan fingerprint density at radius 2 is 1.86 bits per heavy atom. The van der Waals surface area contributed by atoms with Gasteiger partial charge in [0.1, 0.15) is 6.10 Å². The van der Waals surface area contributed by atoms with Gasteiger partial charge in [-0.25, -0.2) is 5.11 Å². The standard InChI is InChI=1S/C13H19O/c1-4-7-11-8-5-6-9-12(11)13(14)10(2)3/h5-6,8-10,13H,4,7H2,1-3H3. The summed E-state index contributed by atoms with van der Waals surface area (Å²) in [5.74, 6) is 0.174. The zero-order valence-electron chi connectivity index (χ0n) is 9.29. The molecular weight excluding hydrogens is 172 g/mol. The smallest absolute Gasteiger partial charge is 0.120 e. The lowest BCUT2D eigenvalue weighted by Gasteiger charge is -2.16. The Hall–Kier alpha value is -0.820. The van der Waals surface area contributed by atoms with Crippen molar-refractivity contribution in [1.82, 2.24) is 0 Å². The van der Waals surface area contributed by atoms with Gasteiger partial charge >= 0.3 is 0 Å². The van der Waals surface area contributed by atoms with Crippen LogP contribution in [0.25, 0.3) is 0 Å². The van der Waals surface area contributed by atoms with Crippen LogP contribution in [0.5, 0.6) is 0 Å². The second-order valence-electron chi connectivity index (χ2n) is 4.11. The SMILES string of the molecule is CCCc1ccccc1C([O])C(C)C. The van der Waals surface area contributed by atoms with E-state index in [9.17, 15) is 5.11 Å². The van der Waals surface area contributed by atoms with E-state index >= 15 is 0 Å². The molecule has 77 valence electrons. The van der Waals surface area contributed by atoms with Gasteiger partial charge in [0.15, 0.2) is 0 Å². The summed E-state index contributed by atoms with van der Waals surface area (Å²) >= 11 is 0. The molecule has 0 saturated carbocycles. The molecule has 0 aromatic heterocycles. The first kappa shape index (κ1) is 11.3. The van der Waals surface area contributed by atoms with Gasteiger partial charge in [0, 0.05) is 0 Å². The summed E-state index contributed by atoms with van der Waals surface area (Å²) in [6, 6.07) is 8.03. The minimum Gasteiger partial charge on any atom is -0.228 e. The van der Waals surface area contributed by atoms with Gasteiger partial charge in [-0.15, -0.1) is 0 Å². The zero-order valence-corrected chi connectivity index (χ0v) is 9.29. The molecule has 1 radical (unpaired) electrons. The molecule has 1 unspecified atom stereocenters. The molecule has 1 aromatic rings. The topological polar surface area (TPSA) is 19.9 Å². The van der Waals surface area contributed by atoms with E-state index in [4.69, 9.17) is 0 Å². The summed E-state index contributed by atoms with van der Waals surface area (Å²) < 4.78 is 0. The van der Waals surface area contributed by atoms with Gasteiger partial charge in [0.05, 0.1) is 0 Å². The van der Waals surface area contributed by atoms with Crippen LogP contribution in [-0.4, -0.2) is 0 Å². The Bertz CT molecular complexity index is 278. The lowest BCUT2D eigenvalue weighted by atomic mass is 9.93. The van der Waals surface area contributed by atoms with E-state index in [-0.39, 0.29) is 5.92 Å². The maximum atomic E-state index is 11.9. The molecule has 1 atom stereocenters. The van der Waals surface area contributed by atoms with Crippen LogP contribution in [0, 0.1) is 5.92 Å². The van der Waals surface area contributed by atoms with Crippen LogP contribution in [0.4, 0.5) is 0 Å². The Labute approximate surface area is 86.8 Å². The molecule has 0 N–H and O–H groups in total. The number of aryl methyl sites for hydroxylation is 1. The summed E-state index contributed by atoms with van der Waals surface area (Å²) in [6.07, 6.45) is 1.54. The monoisotopic (exact) mass is 191 g/mol. The third-order valence-electron chi connectivity index (χ3n) is 2.49. The molecule has 0 aliphatic rings. The number of benzene rings is 1. The lowest BCUT2D eigenvalue weighted by molar-refractivity contribution is 0.0480.